The fraction of sp³-hybridized carbons (Fsp3) is 0.312. The van der Waals surface area contributed by atoms with Crippen molar-refractivity contribution in [1.29, 1.82) is 0 Å². The van der Waals surface area contributed by atoms with Crippen molar-refractivity contribution >= 4 is 11.6 Å². The van der Waals surface area contributed by atoms with Crippen molar-refractivity contribution in [3.05, 3.63) is 52.3 Å². The molecule has 0 aliphatic heterocycles. The molecule has 0 atom stereocenters. The molecule has 0 aliphatic rings. The van der Waals surface area contributed by atoms with E-state index in [2.05, 4.69) is 18.8 Å². The number of benzene rings is 1. The molecule has 2 aromatic rings. The number of ether oxygens (including phenoxy) is 1. The van der Waals surface area contributed by atoms with E-state index in [-0.39, 0.29) is 11.4 Å². The summed E-state index contributed by atoms with van der Waals surface area (Å²) in [5.74, 6) is 1.43. The van der Waals surface area contributed by atoms with E-state index < -0.39 is 0 Å². The number of aromatic amines is 1. The SMILES string of the molecule is CC(C)COc1ccccc1-c1ccc(CCl)c(=O)[nH]1. The Kier molecular flexibility index (Phi) is 4.85. The minimum atomic E-state index is -0.156. The van der Waals surface area contributed by atoms with Crippen molar-refractivity contribution in [1.82, 2.24) is 4.98 Å². The van der Waals surface area contributed by atoms with Gasteiger partial charge in [-0.05, 0) is 24.1 Å². The normalized spacial score (nSPS) is 10.8. The topological polar surface area (TPSA) is 42.1 Å². The van der Waals surface area contributed by atoms with E-state index in [9.17, 15) is 4.79 Å². The van der Waals surface area contributed by atoms with Crippen LogP contribution < -0.4 is 10.3 Å². The molecule has 0 radical (unpaired) electrons. The average Bonchev–Trinajstić information content (AvgIpc) is 2.45. The second-order valence-electron chi connectivity index (χ2n) is 5.06. The zero-order valence-electron chi connectivity index (χ0n) is 11.7. The number of para-hydroxylation sites is 1. The first-order valence-corrected chi connectivity index (χ1v) is 7.15. The van der Waals surface area contributed by atoms with E-state index in [1.54, 1.807) is 6.07 Å². The van der Waals surface area contributed by atoms with Gasteiger partial charge in [-0.3, -0.25) is 4.79 Å². The number of hydrogen-bond donors (Lipinski definition) is 1. The van der Waals surface area contributed by atoms with Gasteiger partial charge in [-0.15, -0.1) is 11.6 Å². The van der Waals surface area contributed by atoms with E-state index in [0.29, 0.717) is 18.1 Å². The molecule has 1 aromatic carbocycles. The van der Waals surface area contributed by atoms with E-state index >= 15 is 0 Å². The largest absolute Gasteiger partial charge is 0.493 e. The Hall–Kier alpha value is -1.74. The molecule has 1 heterocycles. The summed E-state index contributed by atoms with van der Waals surface area (Å²) in [4.78, 5) is 14.7. The van der Waals surface area contributed by atoms with Crippen LogP contribution in [0.1, 0.15) is 19.4 Å². The number of pyridine rings is 1. The van der Waals surface area contributed by atoms with Crippen molar-refractivity contribution in [2.24, 2.45) is 5.92 Å². The molecule has 0 spiro atoms. The minimum Gasteiger partial charge on any atom is -0.493 e. The lowest BCUT2D eigenvalue weighted by Gasteiger charge is -2.13. The van der Waals surface area contributed by atoms with E-state index in [1.165, 1.54) is 0 Å². The van der Waals surface area contributed by atoms with Gasteiger partial charge in [0.25, 0.3) is 5.56 Å². The van der Waals surface area contributed by atoms with Gasteiger partial charge in [0.05, 0.1) is 18.2 Å². The maximum atomic E-state index is 11.8. The van der Waals surface area contributed by atoms with E-state index in [1.807, 2.05) is 30.3 Å². The minimum absolute atomic E-state index is 0.156. The number of aromatic nitrogens is 1. The smallest absolute Gasteiger partial charge is 0.252 e. The van der Waals surface area contributed by atoms with Crippen LogP contribution >= 0.6 is 11.6 Å². The molecule has 0 saturated heterocycles. The van der Waals surface area contributed by atoms with Gasteiger partial charge in [0.15, 0.2) is 0 Å². The highest BCUT2D eigenvalue weighted by atomic mass is 35.5. The first-order valence-electron chi connectivity index (χ1n) is 6.62. The molecule has 106 valence electrons. The monoisotopic (exact) mass is 291 g/mol. The van der Waals surface area contributed by atoms with Crippen molar-refractivity contribution < 1.29 is 4.74 Å². The van der Waals surface area contributed by atoms with Crippen molar-refractivity contribution in [2.45, 2.75) is 19.7 Å². The van der Waals surface area contributed by atoms with E-state index in [4.69, 9.17) is 16.3 Å². The summed E-state index contributed by atoms with van der Waals surface area (Å²) in [6.07, 6.45) is 0. The molecule has 1 aromatic heterocycles. The van der Waals surface area contributed by atoms with Gasteiger partial charge >= 0.3 is 0 Å². The van der Waals surface area contributed by atoms with Gasteiger partial charge in [0, 0.05) is 11.1 Å². The second-order valence-corrected chi connectivity index (χ2v) is 5.33. The quantitative estimate of drug-likeness (QED) is 0.851. The highest BCUT2D eigenvalue weighted by Crippen LogP contribution is 2.28. The van der Waals surface area contributed by atoms with Crippen LogP contribution in [-0.2, 0) is 5.88 Å². The summed E-state index contributed by atoms with van der Waals surface area (Å²) < 4.78 is 5.80. The molecule has 0 fully saturated rings. The molecule has 0 bridgehead atoms. The van der Waals surface area contributed by atoms with Crippen LogP contribution in [0.5, 0.6) is 5.75 Å². The Morgan fingerprint density at radius 1 is 1.20 bits per heavy atom. The zero-order valence-corrected chi connectivity index (χ0v) is 12.4. The van der Waals surface area contributed by atoms with Crippen LogP contribution in [0.2, 0.25) is 0 Å². The fourth-order valence-electron chi connectivity index (χ4n) is 1.84. The van der Waals surface area contributed by atoms with Crippen LogP contribution in [0.25, 0.3) is 11.3 Å². The molecule has 3 nitrogen and oxygen atoms in total. The van der Waals surface area contributed by atoms with Crippen LogP contribution in [-0.4, -0.2) is 11.6 Å². The van der Waals surface area contributed by atoms with Crippen LogP contribution in [0, 0.1) is 5.92 Å². The first-order chi connectivity index (χ1) is 9.61. The summed E-state index contributed by atoms with van der Waals surface area (Å²) in [6, 6.07) is 11.3. The maximum Gasteiger partial charge on any atom is 0.252 e. The fourth-order valence-corrected chi connectivity index (χ4v) is 2.05. The summed E-state index contributed by atoms with van der Waals surface area (Å²) in [6.45, 7) is 4.83. The van der Waals surface area contributed by atoms with Crippen molar-refractivity contribution in [3.8, 4) is 17.0 Å². The van der Waals surface area contributed by atoms with Crippen LogP contribution in [0.15, 0.2) is 41.2 Å². The highest BCUT2D eigenvalue weighted by Gasteiger charge is 2.08. The van der Waals surface area contributed by atoms with Crippen LogP contribution in [0.4, 0.5) is 0 Å². The Morgan fingerprint density at radius 2 is 1.95 bits per heavy atom. The summed E-state index contributed by atoms with van der Waals surface area (Å²) >= 11 is 5.70. The van der Waals surface area contributed by atoms with Gasteiger partial charge < -0.3 is 9.72 Å². The Labute approximate surface area is 123 Å². The third kappa shape index (κ3) is 3.42. The third-order valence-corrected chi connectivity index (χ3v) is 3.17. The van der Waals surface area contributed by atoms with Gasteiger partial charge in [0.2, 0.25) is 0 Å². The lowest BCUT2D eigenvalue weighted by molar-refractivity contribution is 0.272. The molecular weight excluding hydrogens is 274 g/mol. The summed E-state index contributed by atoms with van der Waals surface area (Å²) in [7, 11) is 0. The molecule has 1 N–H and O–H groups in total. The predicted molar refractivity (Wildman–Crippen MR) is 82.4 cm³/mol. The van der Waals surface area contributed by atoms with Crippen molar-refractivity contribution in [3.63, 3.8) is 0 Å². The second kappa shape index (κ2) is 6.62. The molecular formula is C16H18ClNO2. The molecule has 0 aliphatic carbocycles. The number of alkyl halides is 1. The lowest BCUT2D eigenvalue weighted by atomic mass is 10.1. The molecule has 0 saturated carbocycles. The van der Waals surface area contributed by atoms with Gasteiger partial charge in [-0.1, -0.05) is 32.0 Å². The van der Waals surface area contributed by atoms with Crippen LogP contribution in [0.3, 0.4) is 0 Å². The number of nitrogens with one attached hydrogen (secondary N) is 1. The molecule has 0 unspecified atom stereocenters. The van der Waals surface area contributed by atoms with Gasteiger partial charge in [-0.2, -0.15) is 0 Å². The standard InChI is InChI=1S/C16H18ClNO2/c1-11(2)10-20-15-6-4-3-5-13(15)14-8-7-12(9-17)16(19)18-14/h3-8,11H,9-10H2,1-2H3,(H,18,19). The highest BCUT2D eigenvalue weighted by molar-refractivity contribution is 6.17. The number of rotatable bonds is 5. The third-order valence-electron chi connectivity index (χ3n) is 2.88. The van der Waals surface area contributed by atoms with Crippen molar-refractivity contribution in [2.75, 3.05) is 6.61 Å². The lowest BCUT2D eigenvalue weighted by Crippen LogP contribution is -2.12. The van der Waals surface area contributed by atoms with Gasteiger partial charge in [-0.25, -0.2) is 0 Å². The molecule has 20 heavy (non-hydrogen) atoms. The zero-order chi connectivity index (χ0) is 14.5. The molecule has 2 rings (SSSR count). The average molecular weight is 292 g/mol. The van der Waals surface area contributed by atoms with Gasteiger partial charge in [0.1, 0.15) is 5.75 Å². The Morgan fingerprint density at radius 3 is 2.60 bits per heavy atom. The predicted octanol–water partition coefficient (Wildman–Crippen LogP) is 3.82. The van der Waals surface area contributed by atoms with E-state index in [0.717, 1.165) is 17.0 Å². The summed E-state index contributed by atoms with van der Waals surface area (Å²) in [5, 5.41) is 0. The number of H-pyrrole nitrogens is 1. The first kappa shape index (κ1) is 14.7. The Balaban J connectivity index is 2.37. The summed E-state index contributed by atoms with van der Waals surface area (Å²) in [5.41, 5.74) is 2.03. The maximum absolute atomic E-state index is 11.8. The number of hydrogen-bond acceptors (Lipinski definition) is 2. The Bertz CT molecular complexity index is 634. The number of halogens is 1. The molecule has 0 amide bonds. The molecule has 4 heteroatoms.